The molecule has 1 aliphatic heterocycles. The summed E-state index contributed by atoms with van der Waals surface area (Å²) in [5, 5.41) is 3.24. The van der Waals surface area contributed by atoms with Crippen molar-refractivity contribution in [3.05, 3.63) is 29.6 Å². The van der Waals surface area contributed by atoms with Crippen LogP contribution in [0.5, 0.6) is 0 Å². The number of anilines is 1. The lowest BCUT2D eigenvalue weighted by atomic mass is 9.87. The highest BCUT2D eigenvalue weighted by molar-refractivity contribution is 5.85. The lowest BCUT2D eigenvalue weighted by Crippen LogP contribution is -2.54. The van der Waals surface area contributed by atoms with Crippen LogP contribution in [0.15, 0.2) is 18.2 Å². The van der Waals surface area contributed by atoms with E-state index in [1.54, 1.807) is 6.92 Å². The van der Waals surface area contributed by atoms with Gasteiger partial charge in [0.2, 0.25) is 0 Å². The van der Waals surface area contributed by atoms with Crippen LogP contribution >= 0.6 is 0 Å². The van der Waals surface area contributed by atoms with E-state index in [4.69, 9.17) is 4.74 Å². The van der Waals surface area contributed by atoms with Gasteiger partial charge >= 0.3 is 5.97 Å². The number of ether oxygens (including phenoxy) is 1. The van der Waals surface area contributed by atoms with E-state index in [0.717, 1.165) is 18.7 Å². The number of carbonyl (C=O) groups is 1. The molecule has 1 saturated heterocycles. The van der Waals surface area contributed by atoms with Crippen molar-refractivity contribution in [2.24, 2.45) is 0 Å². The highest BCUT2D eigenvalue weighted by atomic mass is 19.1. The number of nitrogens with zero attached hydrogens (tertiary/aromatic N) is 1. The minimum absolute atomic E-state index is 0.250. The molecule has 0 spiro atoms. The summed E-state index contributed by atoms with van der Waals surface area (Å²) in [6.45, 7) is 5.59. The van der Waals surface area contributed by atoms with Crippen LogP contribution in [0.25, 0.3) is 0 Å². The van der Waals surface area contributed by atoms with Gasteiger partial charge in [-0.25, -0.2) is 9.18 Å². The van der Waals surface area contributed by atoms with E-state index in [2.05, 4.69) is 10.2 Å². The summed E-state index contributed by atoms with van der Waals surface area (Å²) in [5.74, 6) is -0.551. The van der Waals surface area contributed by atoms with Crippen molar-refractivity contribution in [2.45, 2.75) is 32.2 Å². The fourth-order valence-corrected chi connectivity index (χ4v) is 2.73. The Morgan fingerprint density at radius 2 is 2.05 bits per heavy atom. The van der Waals surface area contributed by atoms with Crippen LogP contribution in [0.1, 0.15) is 25.3 Å². The third kappa shape index (κ3) is 3.73. The van der Waals surface area contributed by atoms with Crippen LogP contribution in [-0.2, 0) is 9.53 Å². The molecule has 0 aromatic heterocycles. The third-order valence-corrected chi connectivity index (χ3v) is 3.93. The Kier molecular flexibility index (Phi) is 4.83. The molecule has 1 fully saturated rings. The summed E-state index contributed by atoms with van der Waals surface area (Å²) >= 11 is 0. The largest absolute Gasteiger partial charge is 0.464 e. The van der Waals surface area contributed by atoms with Gasteiger partial charge in [-0.2, -0.15) is 0 Å². The fourth-order valence-electron chi connectivity index (χ4n) is 2.73. The molecule has 1 N–H and O–H groups in total. The van der Waals surface area contributed by atoms with Gasteiger partial charge in [0.15, 0.2) is 0 Å². The second-order valence-corrected chi connectivity index (χ2v) is 5.75. The Balaban J connectivity index is 2.25. The molecule has 0 amide bonds. The Hall–Kier alpha value is -1.62. The van der Waals surface area contributed by atoms with Gasteiger partial charge in [-0.15, -0.1) is 0 Å². The van der Waals surface area contributed by atoms with Crippen molar-refractivity contribution < 1.29 is 13.9 Å². The molecule has 0 atom stereocenters. The number of esters is 1. The number of piperidine rings is 1. The van der Waals surface area contributed by atoms with E-state index in [-0.39, 0.29) is 11.8 Å². The first kappa shape index (κ1) is 15.8. The molecule has 0 aliphatic carbocycles. The summed E-state index contributed by atoms with van der Waals surface area (Å²) < 4.78 is 18.8. The van der Waals surface area contributed by atoms with Crippen molar-refractivity contribution in [3.63, 3.8) is 0 Å². The lowest BCUT2D eigenvalue weighted by molar-refractivity contribution is -0.150. The maximum absolute atomic E-state index is 13.6. The highest BCUT2D eigenvalue weighted by Gasteiger charge is 2.42. The molecule has 116 valence electrons. The predicted octanol–water partition coefficient (Wildman–Crippen LogP) is 2.57. The standard InChI is InChI=1S/C16H23FN2O2/c1-4-21-15(20)16(5-7-19(3)8-6-16)18-14-10-12(2)9-13(17)11-14/h9-11,18H,4-8H2,1-3H3. The third-order valence-electron chi connectivity index (χ3n) is 3.93. The van der Waals surface area contributed by atoms with Crippen LogP contribution in [0.2, 0.25) is 0 Å². The number of nitrogens with one attached hydrogen (secondary N) is 1. The molecule has 1 aromatic rings. The number of likely N-dealkylation sites (tertiary alicyclic amines) is 1. The van der Waals surface area contributed by atoms with Crippen LogP contribution in [-0.4, -0.2) is 43.2 Å². The van der Waals surface area contributed by atoms with Gasteiger partial charge in [-0.3, -0.25) is 0 Å². The van der Waals surface area contributed by atoms with Crippen molar-refractivity contribution >= 4 is 11.7 Å². The smallest absolute Gasteiger partial charge is 0.331 e. The zero-order valence-electron chi connectivity index (χ0n) is 12.9. The van der Waals surface area contributed by atoms with Crippen LogP contribution < -0.4 is 5.32 Å². The number of aryl methyl sites for hydroxylation is 1. The molecule has 5 heteroatoms. The summed E-state index contributed by atoms with van der Waals surface area (Å²) in [6.07, 6.45) is 1.30. The molecular weight excluding hydrogens is 271 g/mol. The highest BCUT2D eigenvalue weighted by Crippen LogP contribution is 2.29. The van der Waals surface area contributed by atoms with Gasteiger partial charge in [-0.1, -0.05) is 0 Å². The first-order valence-corrected chi connectivity index (χ1v) is 7.36. The zero-order valence-corrected chi connectivity index (χ0v) is 12.9. The minimum Gasteiger partial charge on any atom is -0.464 e. The van der Waals surface area contributed by atoms with E-state index in [1.165, 1.54) is 12.1 Å². The molecule has 4 nitrogen and oxygen atoms in total. The van der Waals surface area contributed by atoms with E-state index >= 15 is 0 Å². The van der Waals surface area contributed by atoms with Crippen LogP contribution in [0.4, 0.5) is 10.1 Å². The number of carbonyl (C=O) groups excluding carboxylic acids is 1. The van der Waals surface area contributed by atoms with E-state index in [0.29, 0.717) is 25.1 Å². The predicted molar refractivity (Wildman–Crippen MR) is 80.9 cm³/mol. The SMILES string of the molecule is CCOC(=O)C1(Nc2cc(C)cc(F)c2)CCN(C)CC1. The molecular formula is C16H23FN2O2. The molecule has 0 bridgehead atoms. The molecule has 0 saturated carbocycles. The van der Waals surface area contributed by atoms with Gasteiger partial charge in [0.25, 0.3) is 0 Å². The van der Waals surface area contributed by atoms with Gasteiger partial charge < -0.3 is 15.0 Å². The summed E-state index contributed by atoms with van der Waals surface area (Å²) in [4.78, 5) is 14.6. The molecule has 0 radical (unpaired) electrons. The quantitative estimate of drug-likeness (QED) is 0.867. The zero-order chi connectivity index (χ0) is 15.5. The molecule has 1 aliphatic rings. The normalized spacial score (nSPS) is 18.3. The maximum atomic E-state index is 13.6. The Bertz CT molecular complexity index is 491. The number of rotatable bonds is 4. The fraction of sp³-hybridized carbons (Fsp3) is 0.562. The molecule has 1 heterocycles. The molecule has 21 heavy (non-hydrogen) atoms. The summed E-state index contributed by atoms with van der Waals surface area (Å²) in [5.41, 5.74) is 0.692. The van der Waals surface area contributed by atoms with Crippen LogP contribution in [0, 0.1) is 12.7 Å². The Morgan fingerprint density at radius 3 is 2.62 bits per heavy atom. The number of hydrogen-bond acceptors (Lipinski definition) is 4. The summed E-state index contributed by atoms with van der Waals surface area (Å²) in [7, 11) is 2.03. The van der Waals surface area contributed by atoms with Gasteiger partial charge in [0.1, 0.15) is 11.4 Å². The number of halogens is 1. The Labute approximate surface area is 125 Å². The van der Waals surface area contributed by atoms with E-state index in [9.17, 15) is 9.18 Å². The van der Waals surface area contributed by atoms with E-state index in [1.807, 2.05) is 20.0 Å². The molecule has 1 aromatic carbocycles. The van der Waals surface area contributed by atoms with Gasteiger partial charge in [0.05, 0.1) is 6.61 Å². The molecule has 0 unspecified atom stereocenters. The second kappa shape index (κ2) is 6.43. The lowest BCUT2D eigenvalue weighted by Gasteiger charge is -2.39. The van der Waals surface area contributed by atoms with Crippen molar-refractivity contribution in [2.75, 3.05) is 32.1 Å². The monoisotopic (exact) mass is 294 g/mol. The number of hydrogen-bond donors (Lipinski definition) is 1. The molecule has 2 rings (SSSR count). The van der Waals surface area contributed by atoms with Crippen molar-refractivity contribution in [1.29, 1.82) is 0 Å². The van der Waals surface area contributed by atoms with Crippen molar-refractivity contribution in [3.8, 4) is 0 Å². The average molecular weight is 294 g/mol. The van der Waals surface area contributed by atoms with Gasteiger partial charge in [0, 0.05) is 18.8 Å². The summed E-state index contributed by atoms with van der Waals surface area (Å²) in [6, 6.07) is 4.74. The average Bonchev–Trinajstić information content (AvgIpc) is 2.41. The van der Waals surface area contributed by atoms with E-state index < -0.39 is 5.54 Å². The Morgan fingerprint density at radius 1 is 1.38 bits per heavy atom. The first-order chi connectivity index (χ1) is 9.95. The second-order valence-electron chi connectivity index (χ2n) is 5.75. The topological polar surface area (TPSA) is 41.6 Å². The first-order valence-electron chi connectivity index (χ1n) is 7.36. The van der Waals surface area contributed by atoms with Gasteiger partial charge in [-0.05, 0) is 57.5 Å². The minimum atomic E-state index is -0.761. The number of benzene rings is 1. The maximum Gasteiger partial charge on any atom is 0.331 e. The van der Waals surface area contributed by atoms with Crippen LogP contribution in [0.3, 0.4) is 0 Å². The van der Waals surface area contributed by atoms with Crippen molar-refractivity contribution in [1.82, 2.24) is 4.90 Å².